The van der Waals surface area contributed by atoms with Crippen molar-refractivity contribution < 1.29 is 10.0 Å². The Balaban J connectivity index is 3.17. The van der Waals surface area contributed by atoms with Gasteiger partial charge in [0.15, 0.2) is 0 Å². The summed E-state index contributed by atoms with van der Waals surface area (Å²) in [6.07, 6.45) is 2.45. The maximum absolute atomic E-state index is 11.2. The van der Waals surface area contributed by atoms with Gasteiger partial charge in [-0.25, -0.2) is 9.97 Å². The number of hydrogen-bond donors (Lipinski definition) is 3. The lowest BCUT2D eigenvalue weighted by molar-refractivity contribution is -0.383. The summed E-state index contributed by atoms with van der Waals surface area (Å²) in [6.45, 7) is 6.19. The van der Waals surface area contributed by atoms with Crippen LogP contribution in [0.5, 0.6) is 0 Å². The molecule has 0 radical (unpaired) electrons. The van der Waals surface area contributed by atoms with Gasteiger partial charge in [-0.1, -0.05) is 6.92 Å². The Morgan fingerprint density at radius 2 is 2.05 bits per heavy atom. The van der Waals surface area contributed by atoms with E-state index in [1.54, 1.807) is 0 Å². The SMILES string of the molecule is CCNc1ncnc(NC(C)(CC)CCO)c1[N+](=O)[O-]. The average Bonchev–Trinajstić information content (AvgIpc) is 2.39. The summed E-state index contributed by atoms with van der Waals surface area (Å²) in [5.74, 6) is 0.358. The molecule has 1 aromatic rings. The van der Waals surface area contributed by atoms with Crippen molar-refractivity contribution in [3.05, 3.63) is 16.4 Å². The highest BCUT2D eigenvalue weighted by Crippen LogP contribution is 2.32. The van der Waals surface area contributed by atoms with Gasteiger partial charge in [-0.05, 0) is 26.7 Å². The van der Waals surface area contributed by atoms with Gasteiger partial charge in [-0.2, -0.15) is 0 Å². The van der Waals surface area contributed by atoms with E-state index in [1.807, 2.05) is 20.8 Å². The summed E-state index contributed by atoms with van der Waals surface area (Å²) in [5, 5.41) is 26.3. The Hall–Kier alpha value is -1.96. The molecule has 8 heteroatoms. The van der Waals surface area contributed by atoms with Crippen LogP contribution in [0.4, 0.5) is 17.3 Å². The lowest BCUT2D eigenvalue weighted by Crippen LogP contribution is -2.35. The lowest BCUT2D eigenvalue weighted by Gasteiger charge is -2.29. The number of nitrogens with zero attached hydrogens (tertiary/aromatic N) is 3. The van der Waals surface area contributed by atoms with Crippen LogP contribution in [-0.4, -0.2) is 38.7 Å². The van der Waals surface area contributed by atoms with Crippen LogP contribution in [0.1, 0.15) is 33.6 Å². The van der Waals surface area contributed by atoms with E-state index in [-0.39, 0.29) is 23.9 Å². The first kappa shape index (κ1) is 16.1. The summed E-state index contributed by atoms with van der Waals surface area (Å²) in [6, 6.07) is 0. The van der Waals surface area contributed by atoms with Gasteiger partial charge in [-0.3, -0.25) is 10.1 Å². The predicted molar refractivity (Wildman–Crippen MR) is 76.9 cm³/mol. The van der Waals surface area contributed by atoms with Gasteiger partial charge >= 0.3 is 5.69 Å². The molecule has 0 spiro atoms. The van der Waals surface area contributed by atoms with Gasteiger partial charge in [0.2, 0.25) is 11.6 Å². The fourth-order valence-electron chi connectivity index (χ4n) is 1.80. The number of rotatable bonds is 8. The van der Waals surface area contributed by atoms with Crippen LogP contribution in [0.15, 0.2) is 6.33 Å². The number of aliphatic hydroxyl groups excluding tert-OH is 1. The molecule has 112 valence electrons. The summed E-state index contributed by atoms with van der Waals surface area (Å²) in [4.78, 5) is 18.6. The minimum absolute atomic E-state index is 0.00368. The average molecular weight is 283 g/mol. The van der Waals surface area contributed by atoms with Gasteiger partial charge < -0.3 is 15.7 Å². The van der Waals surface area contributed by atoms with Crippen molar-refractivity contribution in [1.29, 1.82) is 0 Å². The minimum atomic E-state index is -0.505. The van der Waals surface area contributed by atoms with Crippen LogP contribution in [0, 0.1) is 10.1 Å². The van der Waals surface area contributed by atoms with E-state index in [9.17, 15) is 10.1 Å². The van der Waals surface area contributed by atoms with Crippen molar-refractivity contribution >= 4 is 17.3 Å². The molecule has 0 bridgehead atoms. The number of anilines is 2. The molecule has 20 heavy (non-hydrogen) atoms. The largest absolute Gasteiger partial charge is 0.396 e. The molecule has 1 atom stereocenters. The number of nitrogens with one attached hydrogen (secondary N) is 2. The van der Waals surface area contributed by atoms with Gasteiger partial charge in [-0.15, -0.1) is 0 Å². The van der Waals surface area contributed by atoms with Crippen LogP contribution in [0.2, 0.25) is 0 Å². The molecular formula is C12H21N5O3. The maximum Gasteiger partial charge on any atom is 0.353 e. The number of aliphatic hydroxyl groups is 1. The second-order valence-electron chi connectivity index (χ2n) is 4.72. The molecule has 1 unspecified atom stereocenters. The molecule has 0 amide bonds. The van der Waals surface area contributed by atoms with Crippen molar-refractivity contribution in [3.63, 3.8) is 0 Å². The molecular weight excluding hydrogens is 262 g/mol. The lowest BCUT2D eigenvalue weighted by atomic mass is 9.95. The van der Waals surface area contributed by atoms with Crippen LogP contribution >= 0.6 is 0 Å². The Bertz CT molecular complexity index is 468. The highest BCUT2D eigenvalue weighted by atomic mass is 16.6. The Kier molecular flexibility index (Phi) is 5.63. The van der Waals surface area contributed by atoms with Crippen molar-refractivity contribution in [2.24, 2.45) is 0 Å². The summed E-state index contributed by atoms with van der Waals surface area (Å²) in [5.41, 5.74) is -0.635. The van der Waals surface area contributed by atoms with E-state index in [2.05, 4.69) is 20.6 Å². The van der Waals surface area contributed by atoms with Crippen LogP contribution in [0.3, 0.4) is 0 Å². The molecule has 0 fully saturated rings. The highest BCUT2D eigenvalue weighted by molar-refractivity contribution is 5.69. The molecule has 0 aromatic carbocycles. The van der Waals surface area contributed by atoms with Crippen molar-refractivity contribution in [2.45, 2.75) is 39.2 Å². The van der Waals surface area contributed by atoms with Gasteiger partial charge in [0.05, 0.1) is 4.92 Å². The molecule has 8 nitrogen and oxygen atoms in total. The monoisotopic (exact) mass is 283 g/mol. The van der Waals surface area contributed by atoms with Gasteiger partial charge in [0, 0.05) is 18.7 Å². The first-order chi connectivity index (χ1) is 9.47. The topological polar surface area (TPSA) is 113 Å². The van der Waals surface area contributed by atoms with Crippen LogP contribution in [-0.2, 0) is 0 Å². The zero-order valence-corrected chi connectivity index (χ0v) is 12.0. The Morgan fingerprint density at radius 3 is 2.55 bits per heavy atom. The zero-order chi connectivity index (χ0) is 15.2. The molecule has 1 heterocycles. The van der Waals surface area contributed by atoms with E-state index in [0.717, 1.165) is 0 Å². The molecule has 0 aliphatic rings. The molecule has 1 rings (SSSR count). The first-order valence-corrected chi connectivity index (χ1v) is 6.59. The normalized spacial score (nSPS) is 13.6. The quantitative estimate of drug-likeness (QED) is 0.492. The molecule has 0 aliphatic carbocycles. The number of hydrogen-bond acceptors (Lipinski definition) is 7. The number of aromatic nitrogens is 2. The Labute approximate surface area is 117 Å². The highest BCUT2D eigenvalue weighted by Gasteiger charge is 2.29. The van der Waals surface area contributed by atoms with Gasteiger partial charge in [0.1, 0.15) is 6.33 Å². The van der Waals surface area contributed by atoms with Crippen molar-refractivity contribution in [3.8, 4) is 0 Å². The summed E-state index contributed by atoms with van der Waals surface area (Å²) < 4.78 is 0. The zero-order valence-electron chi connectivity index (χ0n) is 12.0. The summed E-state index contributed by atoms with van der Waals surface area (Å²) in [7, 11) is 0. The second-order valence-corrected chi connectivity index (χ2v) is 4.72. The van der Waals surface area contributed by atoms with E-state index in [1.165, 1.54) is 6.33 Å². The third-order valence-electron chi connectivity index (χ3n) is 3.21. The van der Waals surface area contributed by atoms with Crippen molar-refractivity contribution in [2.75, 3.05) is 23.8 Å². The van der Waals surface area contributed by atoms with Crippen LogP contribution < -0.4 is 10.6 Å². The van der Waals surface area contributed by atoms with E-state index >= 15 is 0 Å². The molecule has 0 saturated carbocycles. The smallest absolute Gasteiger partial charge is 0.353 e. The van der Waals surface area contributed by atoms with E-state index < -0.39 is 10.5 Å². The first-order valence-electron chi connectivity index (χ1n) is 6.59. The molecule has 0 saturated heterocycles. The molecule has 0 aliphatic heterocycles. The third kappa shape index (κ3) is 3.77. The minimum Gasteiger partial charge on any atom is -0.396 e. The molecule has 3 N–H and O–H groups in total. The fourth-order valence-corrected chi connectivity index (χ4v) is 1.80. The van der Waals surface area contributed by atoms with Crippen LogP contribution in [0.25, 0.3) is 0 Å². The fraction of sp³-hybridized carbons (Fsp3) is 0.667. The summed E-state index contributed by atoms with van der Waals surface area (Å²) >= 11 is 0. The number of nitro groups is 1. The van der Waals surface area contributed by atoms with Gasteiger partial charge in [0.25, 0.3) is 0 Å². The Morgan fingerprint density at radius 1 is 1.40 bits per heavy atom. The maximum atomic E-state index is 11.2. The molecule has 1 aromatic heterocycles. The third-order valence-corrected chi connectivity index (χ3v) is 3.21. The standard InChI is InChI=1S/C12H21N5O3/c1-4-12(3,6-7-18)16-11-9(17(19)20)10(13-5-2)14-8-15-11/h8,18H,4-7H2,1-3H3,(H2,13,14,15,16). The predicted octanol–water partition coefficient (Wildman–Crippen LogP) is 1.78. The second kappa shape index (κ2) is 6.99. The van der Waals surface area contributed by atoms with E-state index in [0.29, 0.717) is 19.4 Å². The van der Waals surface area contributed by atoms with Crippen molar-refractivity contribution in [1.82, 2.24) is 9.97 Å². The van der Waals surface area contributed by atoms with E-state index in [4.69, 9.17) is 5.11 Å².